The molecule has 1 atom stereocenters. The second-order valence-electron chi connectivity index (χ2n) is 7.42. The molecule has 2 N–H and O–H groups in total. The number of rotatable bonds is 8. The van der Waals surface area contributed by atoms with Gasteiger partial charge in [-0.05, 0) is 62.3 Å². The van der Waals surface area contributed by atoms with Crippen LogP contribution in [-0.4, -0.2) is 38.4 Å². The van der Waals surface area contributed by atoms with Gasteiger partial charge >= 0.3 is 0 Å². The molecule has 1 aliphatic rings. The maximum atomic E-state index is 12.9. The van der Waals surface area contributed by atoms with Crippen molar-refractivity contribution in [3.05, 3.63) is 29.3 Å². The summed E-state index contributed by atoms with van der Waals surface area (Å²) in [5.74, 6) is 0.516. The van der Waals surface area contributed by atoms with Crippen LogP contribution in [0.25, 0.3) is 0 Å². The van der Waals surface area contributed by atoms with Crippen molar-refractivity contribution < 1.29 is 13.2 Å². The molecule has 7 heteroatoms. The van der Waals surface area contributed by atoms with Gasteiger partial charge in [0.2, 0.25) is 15.9 Å². The molecule has 0 aliphatic heterocycles. The Morgan fingerprint density at radius 3 is 2.48 bits per heavy atom. The minimum Gasteiger partial charge on any atom is -0.352 e. The van der Waals surface area contributed by atoms with Gasteiger partial charge in [0.15, 0.2) is 0 Å². The molecule has 0 heterocycles. The molecule has 1 amide bonds. The smallest absolute Gasteiger partial charge is 0.241 e. The number of hydrogen-bond donors (Lipinski definition) is 2. The first-order chi connectivity index (χ1) is 12.8. The van der Waals surface area contributed by atoms with Gasteiger partial charge < -0.3 is 5.32 Å². The van der Waals surface area contributed by atoms with E-state index in [0.29, 0.717) is 12.0 Å². The van der Waals surface area contributed by atoms with Crippen molar-refractivity contribution in [2.75, 3.05) is 12.0 Å². The molecule has 0 aromatic heterocycles. The summed E-state index contributed by atoms with van der Waals surface area (Å²) in [6.07, 6.45) is 9.05. The summed E-state index contributed by atoms with van der Waals surface area (Å²) in [6, 6.07) is 4.75. The molecule has 1 aromatic carbocycles. The fraction of sp³-hybridized carbons (Fsp3) is 0.650. The van der Waals surface area contributed by atoms with Crippen LogP contribution in [0.2, 0.25) is 0 Å². The highest BCUT2D eigenvalue weighted by Crippen LogP contribution is 2.19. The van der Waals surface area contributed by atoms with Gasteiger partial charge in [0.1, 0.15) is 6.04 Å². The largest absolute Gasteiger partial charge is 0.352 e. The SMILES string of the molecule is CSCCC(NS(=O)(=O)c1cc(C)ccc1C)C(=O)NC1CCCCCC1. The summed E-state index contributed by atoms with van der Waals surface area (Å²) in [5, 5.41) is 3.09. The van der Waals surface area contributed by atoms with Crippen molar-refractivity contribution in [1.82, 2.24) is 10.0 Å². The number of carbonyl (C=O) groups is 1. The third kappa shape index (κ3) is 6.80. The van der Waals surface area contributed by atoms with E-state index in [-0.39, 0.29) is 16.8 Å². The Bertz CT molecular complexity index is 727. The number of benzene rings is 1. The predicted molar refractivity (Wildman–Crippen MR) is 113 cm³/mol. The van der Waals surface area contributed by atoms with Crippen LogP contribution in [0.1, 0.15) is 56.1 Å². The first kappa shape index (κ1) is 22.2. The number of carbonyl (C=O) groups excluding carboxylic acids is 1. The average Bonchev–Trinajstić information content (AvgIpc) is 2.89. The molecule has 0 spiro atoms. The van der Waals surface area contributed by atoms with Gasteiger partial charge in [-0.25, -0.2) is 8.42 Å². The molecule has 1 unspecified atom stereocenters. The van der Waals surface area contributed by atoms with Crippen molar-refractivity contribution in [3.8, 4) is 0 Å². The molecule has 1 fully saturated rings. The van der Waals surface area contributed by atoms with E-state index in [1.54, 1.807) is 30.8 Å². The van der Waals surface area contributed by atoms with E-state index in [1.807, 2.05) is 19.2 Å². The van der Waals surface area contributed by atoms with Crippen LogP contribution in [0.3, 0.4) is 0 Å². The Kier molecular flexibility index (Phi) is 8.63. The van der Waals surface area contributed by atoms with Gasteiger partial charge in [-0.1, -0.05) is 37.8 Å². The van der Waals surface area contributed by atoms with Crippen molar-refractivity contribution in [3.63, 3.8) is 0 Å². The van der Waals surface area contributed by atoms with Gasteiger partial charge in [-0.15, -0.1) is 0 Å². The van der Waals surface area contributed by atoms with Gasteiger partial charge in [-0.3, -0.25) is 4.79 Å². The average molecular weight is 413 g/mol. The lowest BCUT2D eigenvalue weighted by atomic mass is 10.1. The lowest BCUT2D eigenvalue weighted by Crippen LogP contribution is -2.49. The minimum absolute atomic E-state index is 0.155. The van der Waals surface area contributed by atoms with E-state index in [1.165, 1.54) is 12.8 Å². The second kappa shape index (κ2) is 10.5. The number of aryl methyl sites for hydroxylation is 2. The van der Waals surface area contributed by atoms with E-state index >= 15 is 0 Å². The Labute approximate surface area is 168 Å². The van der Waals surface area contributed by atoms with Crippen LogP contribution >= 0.6 is 11.8 Å². The molecule has 1 aromatic rings. The van der Waals surface area contributed by atoms with Crippen LogP contribution < -0.4 is 10.0 Å². The zero-order valence-electron chi connectivity index (χ0n) is 16.6. The van der Waals surface area contributed by atoms with Crippen molar-refractivity contribution in [1.29, 1.82) is 0 Å². The van der Waals surface area contributed by atoms with Crippen LogP contribution in [0, 0.1) is 13.8 Å². The number of sulfonamides is 1. The Hall–Kier alpha value is -1.05. The van der Waals surface area contributed by atoms with Crippen LogP contribution in [0.15, 0.2) is 23.1 Å². The normalized spacial score (nSPS) is 17.3. The summed E-state index contributed by atoms with van der Waals surface area (Å²) in [7, 11) is -3.76. The molecular weight excluding hydrogens is 380 g/mol. The van der Waals surface area contributed by atoms with Gasteiger partial charge in [0, 0.05) is 6.04 Å². The highest BCUT2D eigenvalue weighted by atomic mass is 32.2. The molecule has 0 bridgehead atoms. The standard InChI is InChI=1S/C20H32N2O3S2/c1-15-10-11-16(2)19(14-15)27(24,25)22-18(12-13-26-3)20(23)21-17-8-6-4-5-7-9-17/h10-11,14,17-18,22H,4-9,12-13H2,1-3H3,(H,21,23). The number of nitrogens with one attached hydrogen (secondary N) is 2. The first-order valence-corrected chi connectivity index (χ1v) is 12.6. The van der Waals surface area contributed by atoms with Crippen LogP contribution in [0.5, 0.6) is 0 Å². The molecule has 1 aliphatic carbocycles. The Morgan fingerprint density at radius 2 is 1.85 bits per heavy atom. The van der Waals surface area contributed by atoms with Crippen molar-refractivity contribution in [2.24, 2.45) is 0 Å². The molecule has 152 valence electrons. The summed E-state index contributed by atoms with van der Waals surface area (Å²) in [4.78, 5) is 13.1. The first-order valence-electron chi connectivity index (χ1n) is 9.72. The van der Waals surface area contributed by atoms with Gasteiger partial charge in [0.25, 0.3) is 0 Å². The highest BCUT2D eigenvalue weighted by Gasteiger charge is 2.28. The molecule has 27 heavy (non-hydrogen) atoms. The van der Waals surface area contributed by atoms with E-state index in [2.05, 4.69) is 10.0 Å². The molecule has 1 saturated carbocycles. The summed E-state index contributed by atoms with van der Waals surface area (Å²) >= 11 is 1.61. The fourth-order valence-corrected chi connectivity index (χ4v) is 5.48. The second-order valence-corrected chi connectivity index (χ2v) is 10.1. The topological polar surface area (TPSA) is 75.3 Å². The summed E-state index contributed by atoms with van der Waals surface area (Å²) in [6.45, 7) is 3.64. The number of amides is 1. The minimum atomic E-state index is -3.76. The lowest BCUT2D eigenvalue weighted by molar-refractivity contribution is -0.123. The monoisotopic (exact) mass is 412 g/mol. The van der Waals surface area contributed by atoms with E-state index in [4.69, 9.17) is 0 Å². The van der Waals surface area contributed by atoms with Crippen LogP contribution in [-0.2, 0) is 14.8 Å². The molecule has 0 radical (unpaired) electrons. The molecule has 2 rings (SSSR count). The van der Waals surface area contributed by atoms with Crippen LogP contribution in [0.4, 0.5) is 0 Å². The van der Waals surface area contributed by atoms with E-state index in [9.17, 15) is 13.2 Å². The van der Waals surface area contributed by atoms with E-state index < -0.39 is 16.1 Å². The third-order valence-corrected chi connectivity index (χ3v) is 7.32. The lowest BCUT2D eigenvalue weighted by Gasteiger charge is -2.23. The predicted octanol–water partition coefficient (Wildman–Crippen LogP) is 3.54. The maximum Gasteiger partial charge on any atom is 0.241 e. The zero-order chi connectivity index (χ0) is 19.9. The quantitative estimate of drug-likeness (QED) is 0.641. The highest BCUT2D eigenvalue weighted by molar-refractivity contribution is 7.98. The summed E-state index contributed by atoms with van der Waals surface area (Å²) in [5.41, 5.74) is 1.56. The maximum absolute atomic E-state index is 12.9. The Morgan fingerprint density at radius 1 is 1.19 bits per heavy atom. The van der Waals surface area contributed by atoms with E-state index in [0.717, 1.165) is 37.0 Å². The molecule has 0 saturated heterocycles. The molecular formula is C20H32N2O3S2. The van der Waals surface area contributed by atoms with Gasteiger partial charge in [0.05, 0.1) is 4.90 Å². The molecule has 5 nitrogen and oxygen atoms in total. The third-order valence-electron chi connectivity index (χ3n) is 5.06. The Balaban J connectivity index is 2.14. The van der Waals surface area contributed by atoms with Gasteiger partial charge in [-0.2, -0.15) is 16.5 Å². The number of thioether (sulfide) groups is 1. The summed E-state index contributed by atoms with van der Waals surface area (Å²) < 4.78 is 28.5. The number of hydrogen-bond acceptors (Lipinski definition) is 4. The fourth-order valence-electron chi connectivity index (χ4n) is 3.45. The van der Waals surface area contributed by atoms with Crippen molar-refractivity contribution in [2.45, 2.75) is 75.8 Å². The van der Waals surface area contributed by atoms with Crippen molar-refractivity contribution >= 4 is 27.7 Å². The zero-order valence-corrected chi connectivity index (χ0v) is 18.2.